The van der Waals surface area contributed by atoms with Crippen LogP contribution >= 0.6 is 0 Å². The minimum atomic E-state index is 0.696. The van der Waals surface area contributed by atoms with Crippen LogP contribution in [0.1, 0.15) is 63.9 Å². The van der Waals surface area contributed by atoms with Crippen molar-refractivity contribution in [1.82, 2.24) is 0 Å². The Morgan fingerprint density at radius 2 is 1.47 bits per heavy atom. The summed E-state index contributed by atoms with van der Waals surface area (Å²) in [6, 6.07) is 7.90. The molecule has 0 N–H and O–H groups in total. The van der Waals surface area contributed by atoms with Gasteiger partial charge >= 0.3 is 0 Å². The molecule has 0 heterocycles. The number of rotatable bonds is 10. The Kier molecular flexibility index (Phi) is 8.57. The van der Waals surface area contributed by atoms with Crippen molar-refractivity contribution in [3.63, 3.8) is 0 Å². The van der Waals surface area contributed by atoms with E-state index in [0.717, 1.165) is 6.42 Å². The van der Waals surface area contributed by atoms with Gasteiger partial charge in [-0.3, -0.25) is 0 Å². The molecule has 0 amide bonds. The SMILES string of the molecule is CCCCCCCCCCc1ccc(N=[N+]=[N-])cc1. The zero-order valence-corrected chi connectivity index (χ0v) is 12.0. The molecule has 0 aromatic heterocycles. The summed E-state index contributed by atoms with van der Waals surface area (Å²) < 4.78 is 0. The minimum absolute atomic E-state index is 0.696. The highest BCUT2D eigenvalue weighted by molar-refractivity contribution is 5.38. The number of hydrogen-bond acceptors (Lipinski definition) is 1. The molecule has 0 unspecified atom stereocenters. The third kappa shape index (κ3) is 7.53. The first-order chi connectivity index (χ1) is 9.36. The van der Waals surface area contributed by atoms with Crippen LogP contribution in [0, 0.1) is 0 Å². The van der Waals surface area contributed by atoms with Gasteiger partial charge in [-0.2, -0.15) is 0 Å². The second-order valence-corrected chi connectivity index (χ2v) is 5.08. The fourth-order valence-corrected chi connectivity index (χ4v) is 2.24. The molecule has 1 aromatic carbocycles. The Bertz CT molecular complexity index is 377. The molecule has 0 fully saturated rings. The van der Waals surface area contributed by atoms with Crippen molar-refractivity contribution in [2.75, 3.05) is 0 Å². The van der Waals surface area contributed by atoms with E-state index in [0.29, 0.717) is 5.69 Å². The monoisotopic (exact) mass is 259 g/mol. The molecule has 1 aromatic rings. The van der Waals surface area contributed by atoms with E-state index in [2.05, 4.69) is 29.1 Å². The molecule has 0 saturated carbocycles. The summed E-state index contributed by atoms with van der Waals surface area (Å²) in [4.78, 5) is 2.78. The number of aryl methyl sites for hydroxylation is 1. The first-order valence-electron chi connectivity index (χ1n) is 7.51. The highest BCUT2D eigenvalue weighted by Gasteiger charge is 1.95. The van der Waals surface area contributed by atoms with Gasteiger partial charge in [0.1, 0.15) is 0 Å². The van der Waals surface area contributed by atoms with E-state index in [9.17, 15) is 0 Å². The van der Waals surface area contributed by atoms with Crippen LogP contribution in [0.25, 0.3) is 10.4 Å². The van der Waals surface area contributed by atoms with Gasteiger partial charge in [0.25, 0.3) is 0 Å². The summed E-state index contributed by atoms with van der Waals surface area (Å²) in [6.45, 7) is 2.26. The maximum absolute atomic E-state index is 8.33. The largest absolute Gasteiger partial charge is 0.0654 e. The molecular formula is C16H25N3. The molecule has 0 radical (unpaired) electrons. The lowest BCUT2D eigenvalue weighted by atomic mass is 10.0. The number of hydrogen-bond donors (Lipinski definition) is 0. The lowest BCUT2D eigenvalue weighted by Gasteiger charge is -2.03. The van der Waals surface area contributed by atoms with Crippen molar-refractivity contribution in [2.24, 2.45) is 5.11 Å². The summed E-state index contributed by atoms with van der Waals surface area (Å²) in [5.74, 6) is 0. The zero-order chi connectivity index (χ0) is 13.8. The second-order valence-electron chi connectivity index (χ2n) is 5.08. The number of unbranched alkanes of at least 4 members (excludes halogenated alkanes) is 7. The van der Waals surface area contributed by atoms with Crippen molar-refractivity contribution < 1.29 is 0 Å². The van der Waals surface area contributed by atoms with Gasteiger partial charge in [0.15, 0.2) is 0 Å². The fraction of sp³-hybridized carbons (Fsp3) is 0.625. The summed E-state index contributed by atoms with van der Waals surface area (Å²) in [5.41, 5.74) is 10.4. The predicted octanol–water partition coefficient (Wildman–Crippen LogP) is 6.31. The number of benzene rings is 1. The van der Waals surface area contributed by atoms with Crippen molar-refractivity contribution in [2.45, 2.75) is 64.7 Å². The predicted molar refractivity (Wildman–Crippen MR) is 81.6 cm³/mol. The van der Waals surface area contributed by atoms with Gasteiger partial charge in [0.05, 0.1) is 0 Å². The first-order valence-corrected chi connectivity index (χ1v) is 7.51. The molecule has 3 heteroatoms. The maximum Gasteiger partial charge on any atom is 0.0375 e. The van der Waals surface area contributed by atoms with E-state index < -0.39 is 0 Å². The van der Waals surface area contributed by atoms with E-state index in [1.54, 1.807) is 0 Å². The highest BCUT2D eigenvalue weighted by atomic mass is 15.1. The molecule has 0 saturated heterocycles. The molecule has 0 atom stereocenters. The summed E-state index contributed by atoms with van der Waals surface area (Å²) in [5, 5.41) is 3.57. The Balaban J connectivity index is 2.07. The third-order valence-corrected chi connectivity index (χ3v) is 3.42. The van der Waals surface area contributed by atoms with Crippen molar-refractivity contribution >= 4 is 5.69 Å². The van der Waals surface area contributed by atoms with Gasteiger partial charge in [-0.25, -0.2) is 0 Å². The van der Waals surface area contributed by atoms with Crippen LogP contribution in [0.3, 0.4) is 0 Å². The van der Waals surface area contributed by atoms with Crippen LogP contribution in [-0.2, 0) is 6.42 Å². The zero-order valence-electron chi connectivity index (χ0n) is 12.0. The molecule has 0 bridgehead atoms. The first kappa shape index (κ1) is 15.6. The van der Waals surface area contributed by atoms with E-state index in [1.165, 1.54) is 56.9 Å². The molecule has 0 aliphatic rings. The normalized spacial score (nSPS) is 10.2. The number of azide groups is 1. The van der Waals surface area contributed by atoms with Gasteiger partial charge in [-0.1, -0.05) is 81.2 Å². The Morgan fingerprint density at radius 3 is 2.05 bits per heavy atom. The van der Waals surface area contributed by atoms with Gasteiger partial charge in [-0.15, -0.1) is 0 Å². The summed E-state index contributed by atoms with van der Waals surface area (Å²) in [6.07, 6.45) is 12.0. The molecule has 104 valence electrons. The average molecular weight is 259 g/mol. The molecule has 0 aliphatic heterocycles. The van der Waals surface area contributed by atoms with Crippen molar-refractivity contribution in [3.8, 4) is 0 Å². The summed E-state index contributed by atoms with van der Waals surface area (Å²) in [7, 11) is 0. The molecule has 19 heavy (non-hydrogen) atoms. The average Bonchev–Trinajstić information content (AvgIpc) is 2.44. The van der Waals surface area contributed by atoms with E-state index in [1.807, 2.05) is 12.1 Å². The Hall–Kier alpha value is -1.47. The highest BCUT2D eigenvalue weighted by Crippen LogP contribution is 2.15. The lowest BCUT2D eigenvalue weighted by Crippen LogP contribution is -1.86. The maximum atomic E-state index is 8.33. The standard InChI is InChI=1S/C16H25N3/c1-2-3-4-5-6-7-8-9-10-15-11-13-16(14-12-15)18-19-17/h11-14H,2-10H2,1H3. The molecule has 0 spiro atoms. The van der Waals surface area contributed by atoms with Crippen molar-refractivity contribution in [1.29, 1.82) is 0 Å². The topological polar surface area (TPSA) is 48.8 Å². The molecular weight excluding hydrogens is 234 g/mol. The van der Waals surface area contributed by atoms with Gasteiger partial charge < -0.3 is 0 Å². The smallest absolute Gasteiger partial charge is 0.0375 e. The van der Waals surface area contributed by atoms with Crippen LogP contribution < -0.4 is 0 Å². The summed E-state index contributed by atoms with van der Waals surface area (Å²) >= 11 is 0. The van der Waals surface area contributed by atoms with Gasteiger partial charge in [0, 0.05) is 10.6 Å². The van der Waals surface area contributed by atoms with Crippen LogP contribution in [0.4, 0.5) is 5.69 Å². The number of nitrogens with zero attached hydrogens (tertiary/aromatic N) is 3. The lowest BCUT2D eigenvalue weighted by molar-refractivity contribution is 0.575. The second kappa shape index (κ2) is 10.5. The van der Waals surface area contributed by atoms with E-state index >= 15 is 0 Å². The van der Waals surface area contributed by atoms with E-state index in [4.69, 9.17) is 5.53 Å². The minimum Gasteiger partial charge on any atom is -0.0654 e. The molecule has 0 aliphatic carbocycles. The Labute approximate surface area is 116 Å². The quantitative estimate of drug-likeness (QED) is 0.204. The van der Waals surface area contributed by atoms with Crippen LogP contribution in [0.2, 0.25) is 0 Å². The third-order valence-electron chi connectivity index (χ3n) is 3.42. The van der Waals surface area contributed by atoms with Gasteiger partial charge in [-0.05, 0) is 23.9 Å². The van der Waals surface area contributed by atoms with Crippen LogP contribution in [0.15, 0.2) is 29.4 Å². The van der Waals surface area contributed by atoms with Crippen LogP contribution in [0.5, 0.6) is 0 Å². The van der Waals surface area contributed by atoms with Crippen molar-refractivity contribution in [3.05, 3.63) is 40.3 Å². The molecule has 1 rings (SSSR count). The van der Waals surface area contributed by atoms with E-state index in [-0.39, 0.29) is 0 Å². The van der Waals surface area contributed by atoms with Gasteiger partial charge in [0.2, 0.25) is 0 Å². The fourth-order valence-electron chi connectivity index (χ4n) is 2.24. The Morgan fingerprint density at radius 1 is 0.895 bits per heavy atom. The van der Waals surface area contributed by atoms with Crippen LogP contribution in [-0.4, -0.2) is 0 Å². The molecule has 3 nitrogen and oxygen atoms in total.